The lowest BCUT2D eigenvalue weighted by Crippen LogP contribution is -2.27. The zero-order chi connectivity index (χ0) is 12.8. The van der Waals surface area contributed by atoms with E-state index in [0.717, 1.165) is 0 Å². The molecule has 0 radical (unpaired) electrons. The fourth-order valence-corrected chi connectivity index (χ4v) is 1.76. The molecule has 17 heavy (non-hydrogen) atoms. The number of nitrogens with zero attached hydrogens (tertiary/aromatic N) is 1. The van der Waals surface area contributed by atoms with Gasteiger partial charge in [0.05, 0.1) is 9.40 Å². The van der Waals surface area contributed by atoms with Gasteiger partial charge in [0.25, 0.3) is 0 Å². The van der Waals surface area contributed by atoms with E-state index in [0.29, 0.717) is 23.7 Å². The number of hydrogen-bond acceptors (Lipinski definition) is 4. The second-order valence-electron chi connectivity index (χ2n) is 3.80. The van der Waals surface area contributed by atoms with Gasteiger partial charge >= 0.3 is 5.69 Å². The molecule has 0 saturated carbocycles. The van der Waals surface area contributed by atoms with E-state index in [4.69, 9.17) is 4.74 Å². The van der Waals surface area contributed by atoms with Crippen LogP contribution in [0.4, 0.5) is 5.69 Å². The summed E-state index contributed by atoms with van der Waals surface area (Å²) in [5.41, 5.74) is -0.0241. The second-order valence-corrected chi connectivity index (χ2v) is 4.66. The highest BCUT2D eigenvalue weighted by Crippen LogP contribution is 2.34. The molecular weight excluding hydrogens is 288 g/mol. The fraction of sp³-hybridized carbons (Fsp3) is 0.455. The molecule has 1 rings (SSSR count). The van der Waals surface area contributed by atoms with Crippen molar-refractivity contribution < 1.29 is 9.66 Å². The summed E-state index contributed by atoms with van der Waals surface area (Å²) >= 11 is 3.25. The number of ether oxygens (including phenoxy) is 1. The molecule has 0 aromatic heterocycles. The number of nitrogens with one attached hydrogen (secondary N) is 1. The third kappa shape index (κ3) is 4.32. The Labute approximate surface area is 108 Å². The van der Waals surface area contributed by atoms with Crippen LogP contribution in [0.5, 0.6) is 5.75 Å². The molecular formula is C11H15BrN2O3. The molecule has 94 valence electrons. The van der Waals surface area contributed by atoms with Gasteiger partial charge in [-0.1, -0.05) is 19.9 Å². The molecule has 0 unspecified atom stereocenters. The maximum atomic E-state index is 10.8. The Balaban J connectivity index is 2.66. The van der Waals surface area contributed by atoms with Crippen molar-refractivity contribution in [3.8, 4) is 5.75 Å². The van der Waals surface area contributed by atoms with E-state index in [9.17, 15) is 10.1 Å². The largest absolute Gasteiger partial charge is 0.485 e. The number of halogens is 1. The van der Waals surface area contributed by atoms with E-state index >= 15 is 0 Å². The number of nitro groups is 1. The number of para-hydroxylation sites is 1. The molecule has 0 spiro atoms. The Morgan fingerprint density at radius 2 is 2.24 bits per heavy atom. The first-order chi connectivity index (χ1) is 8.02. The predicted molar refractivity (Wildman–Crippen MR) is 69.4 cm³/mol. The summed E-state index contributed by atoms with van der Waals surface area (Å²) < 4.78 is 6.02. The van der Waals surface area contributed by atoms with E-state index in [1.165, 1.54) is 6.07 Å². The summed E-state index contributed by atoms with van der Waals surface area (Å²) in [7, 11) is 0. The molecule has 5 nitrogen and oxygen atoms in total. The van der Waals surface area contributed by atoms with Gasteiger partial charge in [0.15, 0.2) is 0 Å². The van der Waals surface area contributed by atoms with Crippen LogP contribution in [-0.4, -0.2) is 24.1 Å². The average Bonchev–Trinajstić information content (AvgIpc) is 2.25. The second kappa shape index (κ2) is 6.56. The van der Waals surface area contributed by atoms with Crippen molar-refractivity contribution in [1.29, 1.82) is 0 Å². The lowest BCUT2D eigenvalue weighted by molar-refractivity contribution is -0.385. The van der Waals surface area contributed by atoms with Gasteiger partial charge in [-0.2, -0.15) is 0 Å². The average molecular weight is 303 g/mol. The summed E-state index contributed by atoms with van der Waals surface area (Å²) in [5.74, 6) is 0.281. The van der Waals surface area contributed by atoms with E-state index in [-0.39, 0.29) is 11.4 Å². The van der Waals surface area contributed by atoms with Crippen molar-refractivity contribution in [1.82, 2.24) is 5.32 Å². The summed E-state index contributed by atoms with van der Waals surface area (Å²) in [6.07, 6.45) is 0. The SMILES string of the molecule is CC(C)NCCOc1c(Br)cccc1[N+](=O)[O-]. The van der Waals surface area contributed by atoms with Crippen molar-refractivity contribution in [2.24, 2.45) is 0 Å². The van der Waals surface area contributed by atoms with E-state index in [1.807, 2.05) is 13.8 Å². The molecule has 0 aliphatic carbocycles. The monoisotopic (exact) mass is 302 g/mol. The van der Waals surface area contributed by atoms with Gasteiger partial charge < -0.3 is 10.1 Å². The van der Waals surface area contributed by atoms with Crippen LogP contribution < -0.4 is 10.1 Å². The molecule has 0 saturated heterocycles. The highest BCUT2D eigenvalue weighted by Gasteiger charge is 2.17. The van der Waals surface area contributed by atoms with Crippen molar-refractivity contribution >= 4 is 21.6 Å². The van der Waals surface area contributed by atoms with Crippen molar-refractivity contribution in [3.63, 3.8) is 0 Å². The molecule has 0 atom stereocenters. The van der Waals surface area contributed by atoms with Crippen molar-refractivity contribution in [3.05, 3.63) is 32.8 Å². The Kier molecular flexibility index (Phi) is 5.37. The normalized spacial score (nSPS) is 10.6. The van der Waals surface area contributed by atoms with Gasteiger partial charge in [0, 0.05) is 18.7 Å². The Morgan fingerprint density at radius 1 is 1.53 bits per heavy atom. The summed E-state index contributed by atoms with van der Waals surface area (Å²) in [5, 5.41) is 14.0. The van der Waals surface area contributed by atoms with Crippen LogP contribution in [0.3, 0.4) is 0 Å². The van der Waals surface area contributed by atoms with Gasteiger partial charge in [-0.15, -0.1) is 0 Å². The standard InChI is InChI=1S/C11H15BrN2O3/c1-8(2)13-6-7-17-11-9(12)4-3-5-10(11)14(15)16/h3-5,8,13H,6-7H2,1-2H3. The molecule has 0 bridgehead atoms. The third-order valence-corrected chi connectivity index (χ3v) is 2.67. The number of hydrogen-bond donors (Lipinski definition) is 1. The van der Waals surface area contributed by atoms with Crippen LogP contribution in [0.2, 0.25) is 0 Å². The number of benzene rings is 1. The summed E-state index contributed by atoms with van der Waals surface area (Å²) in [6.45, 7) is 5.10. The lowest BCUT2D eigenvalue weighted by atomic mass is 10.3. The zero-order valence-electron chi connectivity index (χ0n) is 9.77. The zero-order valence-corrected chi connectivity index (χ0v) is 11.4. The Hall–Kier alpha value is -1.14. The Morgan fingerprint density at radius 3 is 2.82 bits per heavy atom. The first kappa shape index (κ1) is 13.9. The van der Waals surface area contributed by atoms with Crippen molar-refractivity contribution in [2.75, 3.05) is 13.2 Å². The third-order valence-electron chi connectivity index (χ3n) is 2.04. The molecule has 1 aromatic rings. The van der Waals surface area contributed by atoms with Crippen LogP contribution in [0.15, 0.2) is 22.7 Å². The quantitative estimate of drug-likeness (QED) is 0.498. The minimum absolute atomic E-state index is 0.0241. The summed E-state index contributed by atoms with van der Waals surface area (Å²) in [6, 6.07) is 5.13. The fourth-order valence-electron chi connectivity index (χ4n) is 1.28. The van der Waals surface area contributed by atoms with Gasteiger partial charge in [0.2, 0.25) is 5.75 Å². The van der Waals surface area contributed by atoms with Crippen molar-refractivity contribution in [2.45, 2.75) is 19.9 Å². The maximum absolute atomic E-state index is 10.8. The molecule has 6 heteroatoms. The molecule has 0 heterocycles. The first-order valence-corrected chi connectivity index (χ1v) is 6.10. The molecule has 0 aliphatic heterocycles. The van der Waals surface area contributed by atoms with Gasteiger partial charge in [0.1, 0.15) is 6.61 Å². The van der Waals surface area contributed by atoms with Gasteiger partial charge in [-0.25, -0.2) is 0 Å². The van der Waals surface area contributed by atoms with Crippen LogP contribution in [0.25, 0.3) is 0 Å². The number of rotatable bonds is 6. The highest BCUT2D eigenvalue weighted by atomic mass is 79.9. The molecule has 0 amide bonds. The molecule has 1 aromatic carbocycles. The minimum Gasteiger partial charge on any atom is -0.485 e. The lowest BCUT2D eigenvalue weighted by Gasteiger charge is -2.10. The van der Waals surface area contributed by atoms with Crippen LogP contribution in [-0.2, 0) is 0 Å². The van der Waals surface area contributed by atoms with Crippen LogP contribution >= 0.6 is 15.9 Å². The maximum Gasteiger partial charge on any atom is 0.312 e. The molecule has 0 fully saturated rings. The molecule has 0 aliphatic rings. The van der Waals surface area contributed by atoms with E-state index in [2.05, 4.69) is 21.2 Å². The highest BCUT2D eigenvalue weighted by molar-refractivity contribution is 9.10. The molecule has 1 N–H and O–H groups in total. The first-order valence-electron chi connectivity index (χ1n) is 5.31. The van der Waals surface area contributed by atoms with E-state index in [1.54, 1.807) is 12.1 Å². The smallest absolute Gasteiger partial charge is 0.312 e. The topological polar surface area (TPSA) is 64.4 Å². The van der Waals surface area contributed by atoms with Gasteiger partial charge in [-0.05, 0) is 22.0 Å². The predicted octanol–water partition coefficient (Wildman–Crippen LogP) is 2.73. The van der Waals surface area contributed by atoms with Crippen LogP contribution in [0.1, 0.15) is 13.8 Å². The number of nitro benzene ring substituents is 1. The van der Waals surface area contributed by atoms with Crippen LogP contribution in [0, 0.1) is 10.1 Å². The Bertz CT molecular complexity index is 396. The van der Waals surface area contributed by atoms with Gasteiger partial charge in [-0.3, -0.25) is 10.1 Å². The van der Waals surface area contributed by atoms with E-state index < -0.39 is 4.92 Å². The summed E-state index contributed by atoms with van der Waals surface area (Å²) in [4.78, 5) is 10.4. The minimum atomic E-state index is -0.448.